The minimum absolute atomic E-state index is 0.186. The maximum atomic E-state index is 12.5. The molecule has 29 heavy (non-hydrogen) atoms. The predicted octanol–water partition coefficient (Wildman–Crippen LogP) is 1.72. The molecule has 0 bridgehead atoms. The van der Waals surface area contributed by atoms with Crippen LogP contribution >= 0.6 is 0 Å². The molecule has 3 aliphatic rings. The predicted molar refractivity (Wildman–Crippen MR) is 107 cm³/mol. The van der Waals surface area contributed by atoms with E-state index in [1.807, 2.05) is 33.8 Å². The van der Waals surface area contributed by atoms with E-state index in [-0.39, 0.29) is 12.5 Å². The number of ether oxygens (including phenoxy) is 2. The zero-order valence-corrected chi connectivity index (χ0v) is 17.3. The highest BCUT2D eigenvalue weighted by Crippen LogP contribution is 2.42. The number of carbonyl (C=O) groups is 2. The largest absolute Gasteiger partial charge is 0.494 e. The van der Waals surface area contributed by atoms with Gasteiger partial charge in [0.25, 0.3) is 0 Å². The summed E-state index contributed by atoms with van der Waals surface area (Å²) in [7, 11) is -0.544. The van der Waals surface area contributed by atoms with Crippen LogP contribution in [0.15, 0.2) is 30.5 Å². The van der Waals surface area contributed by atoms with Crippen LogP contribution in [0.3, 0.4) is 0 Å². The summed E-state index contributed by atoms with van der Waals surface area (Å²) in [6.07, 6.45) is -1.07. The minimum atomic E-state index is -0.574. The summed E-state index contributed by atoms with van der Waals surface area (Å²) in [6, 6.07) is 4.93. The molecule has 1 aromatic rings. The van der Waals surface area contributed by atoms with Crippen LogP contribution in [-0.2, 0) is 18.8 Å². The average molecular weight is 400 g/mol. The van der Waals surface area contributed by atoms with E-state index in [1.165, 1.54) is 11.8 Å². The van der Waals surface area contributed by atoms with Gasteiger partial charge >= 0.3 is 13.2 Å². The summed E-state index contributed by atoms with van der Waals surface area (Å²) in [6.45, 7) is 13.5. The molecule has 1 aromatic carbocycles. The van der Waals surface area contributed by atoms with Gasteiger partial charge in [-0.1, -0.05) is 12.6 Å². The molecule has 2 saturated heterocycles. The zero-order chi connectivity index (χ0) is 21.1. The number of cyclic esters (lactones) is 1. The number of anilines is 1. The second kappa shape index (κ2) is 6.50. The first-order chi connectivity index (χ1) is 13.5. The van der Waals surface area contributed by atoms with Crippen molar-refractivity contribution in [2.45, 2.75) is 58.0 Å². The zero-order valence-electron chi connectivity index (χ0n) is 17.3. The fourth-order valence-corrected chi connectivity index (χ4v) is 3.67. The standard InChI is InChI=1S/C20H25BN2O6/c1-11-17-16(10-22-12(2)24)27-18(25)23(17)14-8-7-13(9-15(14)26-11)21-28-19(3,4)20(5,6)29-21/h7-9,16-17H,1,10H2,2-6H3,(H,22,24)/t16-,17-/m0/s1. The van der Waals surface area contributed by atoms with Gasteiger partial charge in [-0.05, 0) is 45.3 Å². The van der Waals surface area contributed by atoms with E-state index in [9.17, 15) is 9.59 Å². The number of nitrogens with one attached hydrogen (secondary N) is 1. The number of carbonyl (C=O) groups excluding carboxylic acids is 2. The van der Waals surface area contributed by atoms with Gasteiger partial charge in [-0.15, -0.1) is 0 Å². The van der Waals surface area contributed by atoms with Crippen LogP contribution in [0.5, 0.6) is 5.75 Å². The minimum Gasteiger partial charge on any atom is -0.458 e. The number of fused-ring (bicyclic) bond motifs is 3. The Kier molecular flexibility index (Phi) is 4.43. The van der Waals surface area contributed by atoms with Crippen LogP contribution in [0.1, 0.15) is 34.6 Å². The molecule has 0 unspecified atom stereocenters. The van der Waals surface area contributed by atoms with E-state index in [1.54, 1.807) is 12.1 Å². The number of amides is 2. The average Bonchev–Trinajstić information content (AvgIpc) is 3.06. The Morgan fingerprint density at radius 3 is 2.52 bits per heavy atom. The Morgan fingerprint density at radius 2 is 1.90 bits per heavy atom. The molecule has 8 nitrogen and oxygen atoms in total. The lowest BCUT2D eigenvalue weighted by atomic mass is 9.78. The van der Waals surface area contributed by atoms with Gasteiger partial charge in [-0.25, -0.2) is 4.79 Å². The van der Waals surface area contributed by atoms with Crippen molar-refractivity contribution in [3.63, 3.8) is 0 Å². The van der Waals surface area contributed by atoms with Crippen molar-refractivity contribution in [3.8, 4) is 5.75 Å². The molecule has 0 saturated carbocycles. The highest BCUT2D eigenvalue weighted by molar-refractivity contribution is 6.62. The molecule has 2 fully saturated rings. The molecule has 3 heterocycles. The summed E-state index contributed by atoms with van der Waals surface area (Å²) >= 11 is 0. The second-order valence-electron chi connectivity index (χ2n) is 8.56. The van der Waals surface area contributed by atoms with Crippen LogP contribution in [0.2, 0.25) is 0 Å². The molecule has 1 N–H and O–H groups in total. The number of rotatable bonds is 3. The first kappa shape index (κ1) is 19.8. The third-order valence-corrected chi connectivity index (χ3v) is 5.97. The lowest BCUT2D eigenvalue weighted by Crippen LogP contribution is -2.46. The maximum Gasteiger partial charge on any atom is 0.494 e. The van der Waals surface area contributed by atoms with Crippen LogP contribution in [-0.4, -0.2) is 49.0 Å². The van der Waals surface area contributed by atoms with E-state index in [0.29, 0.717) is 17.2 Å². The molecule has 0 aromatic heterocycles. The molecule has 0 radical (unpaired) electrons. The highest BCUT2D eigenvalue weighted by atomic mass is 16.7. The monoisotopic (exact) mass is 400 g/mol. The topological polar surface area (TPSA) is 86.3 Å². The van der Waals surface area contributed by atoms with Crippen molar-refractivity contribution < 1.29 is 28.4 Å². The van der Waals surface area contributed by atoms with E-state index >= 15 is 0 Å². The van der Waals surface area contributed by atoms with Gasteiger partial charge in [0, 0.05) is 6.92 Å². The van der Waals surface area contributed by atoms with Crippen molar-refractivity contribution in [2.75, 3.05) is 11.4 Å². The number of hydrogen-bond acceptors (Lipinski definition) is 6. The molecule has 0 aliphatic carbocycles. The maximum absolute atomic E-state index is 12.5. The molecule has 4 rings (SSSR count). The summed E-state index contributed by atoms with van der Waals surface area (Å²) in [5.41, 5.74) is 0.450. The Labute approximate surface area is 170 Å². The summed E-state index contributed by atoms with van der Waals surface area (Å²) in [4.78, 5) is 25.3. The van der Waals surface area contributed by atoms with E-state index in [4.69, 9.17) is 18.8 Å². The normalized spacial score (nSPS) is 26.5. The van der Waals surface area contributed by atoms with E-state index < -0.39 is 36.6 Å². The second-order valence-corrected chi connectivity index (χ2v) is 8.56. The van der Waals surface area contributed by atoms with Crippen molar-refractivity contribution in [2.24, 2.45) is 0 Å². The van der Waals surface area contributed by atoms with E-state index in [0.717, 1.165) is 5.46 Å². The van der Waals surface area contributed by atoms with Gasteiger partial charge in [0.15, 0.2) is 5.75 Å². The Morgan fingerprint density at radius 1 is 1.24 bits per heavy atom. The molecule has 9 heteroatoms. The first-order valence-electron chi connectivity index (χ1n) is 9.61. The fourth-order valence-electron chi connectivity index (χ4n) is 3.67. The molecule has 154 valence electrons. The molecular formula is C20H25BN2O6. The van der Waals surface area contributed by atoms with E-state index in [2.05, 4.69) is 11.9 Å². The first-order valence-corrected chi connectivity index (χ1v) is 9.61. The Balaban J connectivity index is 1.62. The Hall–Kier alpha value is -2.52. The van der Waals surface area contributed by atoms with Crippen molar-refractivity contribution in [1.29, 1.82) is 0 Å². The van der Waals surface area contributed by atoms with Crippen molar-refractivity contribution >= 4 is 30.3 Å². The third-order valence-electron chi connectivity index (χ3n) is 5.97. The number of hydrogen-bond donors (Lipinski definition) is 1. The molecule has 3 aliphatic heterocycles. The van der Waals surface area contributed by atoms with Gasteiger partial charge in [-0.2, -0.15) is 0 Å². The number of nitrogens with zero attached hydrogens (tertiary/aromatic N) is 1. The van der Waals surface area contributed by atoms with Gasteiger partial charge < -0.3 is 24.1 Å². The smallest absolute Gasteiger partial charge is 0.458 e. The van der Waals surface area contributed by atoms with Crippen LogP contribution in [0.25, 0.3) is 0 Å². The number of benzene rings is 1. The summed E-state index contributed by atoms with van der Waals surface area (Å²) < 4.78 is 23.6. The van der Waals surface area contributed by atoms with Crippen LogP contribution in [0, 0.1) is 0 Å². The fraction of sp³-hybridized carbons (Fsp3) is 0.500. The van der Waals surface area contributed by atoms with Crippen LogP contribution in [0.4, 0.5) is 10.5 Å². The van der Waals surface area contributed by atoms with Crippen molar-refractivity contribution in [3.05, 3.63) is 30.5 Å². The summed E-state index contributed by atoms with van der Waals surface area (Å²) in [5.74, 6) is 0.662. The van der Waals surface area contributed by atoms with Gasteiger partial charge in [-0.3, -0.25) is 9.69 Å². The molecule has 2 atom stereocenters. The van der Waals surface area contributed by atoms with Gasteiger partial charge in [0.2, 0.25) is 5.91 Å². The quantitative estimate of drug-likeness (QED) is 0.778. The van der Waals surface area contributed by atoms with Crippen molar-refractivity contribution in [1.82, 2.24) is 5.32 Å². The lowest BCUT2D eigenvalue weighted by molar-refractivity contribution is -0.119. The summed E-state index contributed by atoms with van der Waals surface area (Å²) in [5, 5.41) is 2.67. The lowest BCUT2D eigenvalue weighted by Gasteiger charge is -2.32. The van der Waals surface area contributed by atoms with Gasteiger partial charge in [0.05, 0.1) is 23.4 Å². The highest BCUT2D eigenvalue weighted by Gasteiger charge is 2.53. The van der Waals surface area contributed by atoms with Gasteiger partial charge in [0.1, 0.15) is 17.9 Å². The molecule has 0 spiro atoms. The SMILES string of the molecule is C=C1Oc2cc(B3OC(C)(C)C(C)(C)O3)ccc2N2C(=O)O[C@@H](CNC(C)=O)[C@H]12. The Bertz CT molecular complexity index is 883. The third kappa shape index (κ3) is 3.18. The molecular weight excluding hydrogens is 375 g/mol. The van der Waals surface area contributed by atoms with Crippen LogP contribution < -0.4 is 20.4 Å². The molecule has 2 amide bonds.